The SMILES string of the molecule is CC(C)(C)c1cccc2c1Cc1c(-c3ccc(-c4ccc(-c5cc(-c6ccc(-c7cccc8ccccc78)cc6)nc(-c6ccccc6)n5)cc4)cc3)cccc1-2. The van der Waals surface area contributed by atoms with Crippen LogP contribution in [0.15, 0.2) is 188 Å². The molecule has 272 valence electrons. The number of fused-ring (bicyclic) bond motifs is 4. The van der Waals surface area contributed by atoms with Crippen molar-refractivity contribution in [2.24, 2.45) is 0 Å². The highest BCUT2D eigenvalue weighted by molar-refractivity contribution is 5.97. The highest BCUT2D eigenvalue weighted by atomic mass is 14.9. The molecule has 1 aliphatic carbocycles. The fourth-order valence-electron chi connectivity index (χ4n) is 8.64. The van der Waals surface area contributed by atoms with Crippen LogP contribution in [-0.4, -0.2) is 9.97 Å². The van der Waals surface area contributed by atoms with Crippen LogP contribution in [-0.2, 0) is 11.8 Å². The summed E-state index contributed by atoms with van der Waals surface area (Å²) in [6, 6.07) is 67.6. The maximum atomic E-state index is 5.10. The third kappa shape index (κ3) is 6.44. The molecule has 0 spiro atoms. The lowest BCUT2D eigenvalue weighted by atomic mass is 9.82. The van der Waals surface area contributed by atoms with E-state index in [2.05, 4.69) is 191 Å². The molecular formula is C55H42N2. The Morgan fingerprint density at radius 2 is 0.842 bits per heavy atom. The molecule has 0 unspecified atom stereocenters. The fourth-order valence-corrected chi connectivity index (χ4v) is 8.64. The van der Waals surface area contributed by atoms with Crippen LogP contribution in [0, 0.1) is 0 Å². The van der Waals surface area contributed by atoms with E-state index < -0.39 is 0 Å². The summed E-state index contributed by atoms with van der Waals surface area (Å²) >= 11 is 0. The molecule has 0 radical (unpaired) electrons. The molecule has 0 fully saturated rings. The van der Waals surface area contributed by atoms with Gasteiger partial charge >= 0.3 is 0 Å². The molecule has 0 saturated heterocycles. The first-order chi connectivity index (χ1) is 27.9. The Morgan fingerprint density at radius 3 is 1.49 bits per heavy atom. The largest absolute Gasteiger partial charge is 0.228 e. The van der Waals surface area contributed by atoms with Gasteiger partial charge in [-0.15, -0.1) is 0 Å². The van der Waals surface area contributed by atoms with E-state index in [1.54, 1.807) is 0 Å². The highest BCUT2D eigenvalue weighted by Gasteiger charge is 2.27. The lowest BCUT2D eigenvalue weighted by molar-refractivity contribution is 0.585. The molecule has 0 aliphatic heterocycles. The van der Waals surface area contributed by atoms with Crippen molar-refractivity contribution in [2.45, 2.75) is 32.6 Å². The molecule has 10 rings (SSSR count). The third-order valence-corrected chi connectivity index (χ3v) is 11.6. The molecule has 2 heteroatoms. The van der Waals surface area contributed by atoms with Gasteiger partial charge in [0.15, 0.2) is 5.82 Å². The van der Waals surface area contributed by atoms with Crippen molar-refractivity contribution in [2.75, 3.05) is 0 Å². The minimum atomic E-state index is 0.107. The Hall–Kier alpha value is -6.90. The Bertz CT molecular complexity index is 2910. The summed E-state index contributed by atoms with van der Waals surface area (Å²) in [4.78, 5) is 10.2. The average Bonchev–Trinajstić information content (AvgIpc) is 3.65. The maximum Gasteiger partial charge on any atom is 0.160 e. The van der Waals surface area contributed by atoms with Gasteiger partial charge in [-0.3, -0.25) is 0 Å². The number of hydrogen-bond acceptors (Lipinski definition) is 2. The van der Waals surface area contributed by atoms with E-state index in [1.165, 1.54) is 72.0 Å². The molecule has 0 amide bonds. The third-order valence-electron chi connectivity index (χ3n) is 11.6. The molecule has 0 atom stereocenters. The molecule has 0 saturated carbocycles. The monoisotopic (exact) mass is 730 g/mol. The van der Waals surface area contributed by atoms with Crippen molar-refractivity contribution in [3.05, 3.63) is 205 Å². The van der Waals surface area contributed by atoms with Gasteiger partial charge in [0, 0.05) is 16.7 Å². The molecule has 0 N–H and O–H groups in total. The topological polar surface area (TPSA) is 25.8 Å². The minimum absolute atomic E-state index is 0.107. The Morgan fingerprint density at radius 1 is 0.368 bits per heavy atom. The van der Waals surface area contributed by atoms with Crippen LogP contribution in [0.4, 0.5) is 0 Å². The van der Waals surface area contributed by atoms with Crippen LogP contribution < -0.4 is 0 Å². The first-order valence-electron chi connectivity index (χ1n) is 19.9. The molecule has 1 aliphatic rings. The van der Waals surface area contributed by atoms with Crippen molar-refractivity contribution in [1.82, 2.24) is 9.97 Å². The zero-order valence-electron chi connectivity index (χ0n) is 32.5. The summed E-state index contributed by atoms with van der Waals surface area (Å²) in [6.45, 7) is 6.95. The fraction of sp³-hybridized carbons (Fsp3) is 0.0909. The van der Waals surface area contributed by atoms with Crippen LogP contribution in [0.5, 0.6) is 0 Å². The Labute approximate surface area is 335 Å². The summed E-state index contributed by atoms with van der Waals surface area (Å²) < 4.78 is 0. The van der Waals surface area contributed by atoms with E-state index in [4.69, 9.17) is 9.97 Å². The van der Waals surface area contributed by atoms with Gasteiger partial charge in [-0.05, 0) is 89.9 Å². The first-order valence-corrected chi connectivity index (χ1v) is 19.9. The van der Waals surface area contributed by atoms with Crippen LogP contribution >= 0.6 is 0 Å². The van der Waals surface area contributed by atoms with Gasteiger partial charge in [0.25, 0.3) is 0 Å². The minimum Gasteiger partial charge on any atom is -0.228 e. The van der Waals surface area contributed by atoms with Crippen molar-refractivity contribution in [3.63, 3.8) is 0 Å². The molecule has 1 aromatic heterocycles. The molecule has 0 bridgehead atoms. The summed E-state index contributed by atoms with van der Waals surface area (Å²) in [5.41, 5.74) is 19.5. The normalized spacial score (nSPS) is 12.1. The van der Waals surface area contributed by atoms with Crippen LogP contribution in [0.1, 0.15) is 37.5 Å². The number of nitrogens with zero attached hydrogens (tertiary/aromatic N) is 2. The summed E-state index contributed by atoms with van der Waals surface area (Å²) in [5.74, 6) is 0.714. The maximum absolute atomic E-state index is 5.10. The van der Waals surface area contributed by atoms with Gasteiger partial charge in [-0.25, -0.2) is 9.97 Å². The van der Waals surface area contributed by atoms with Crippen LogP contribution in [0.2, 0.25) is 0 Å². The second-order valence-electron chi connectivity index (χ2n) is 16.2. The second kappa shape index (κ2) is 14.0. The number of aromatic nitrogens is 2. The van der Waals surface area contributed by atoms with E-state index in [9.17, 15) is 0 Å². The van der Waals surface area contributed by atoms with Crippen LogP contribution in [0.25, 0.3) is 89.2 Å². The second-order valence-corrected chi connectivity index (χ2v) is 16.2. The van der Waals surface area contributed by atoms with Gasteiger partial charge in [0.05, 0.1) is 11.4 Å². The van der Waals surface area contributed by atoms with E-state index >= 15 is 0 Å². The lowest BCUT2D eigenvalue weighted by Gasteiger charge is -2.22. The average molecular weight is 731 g/mol. The van der Waals surface area contributed by atoms with Gasteiger partial charge in [0.1, 0.15) is 0 Å². The van der Waals surface area contributed by atoms with Crippen molar-refractivity contribution in [3.8, 4) is 78.4 Å². The quantitative estimate of drug-likeness (QED) is 0.170. The smallest absolute Gasteiger partial charge is 0.160 e. The first kappa shape index (κ1) is 34.6. The summed E-state index contributed by atoms with van der Waals surface area (Å²) in [6.07, 6.45) is 0.977. The van der Waals surface area contributed by atoms with Crippen molar-refractivity contribution in [1.29, 1.82) is 0 Å². The molecule has 1 heterocycles. The summed E-state index contributed by atoms with van der Waals surface area (Å²) in [7, 11) is 0. The van der Waals surface area contributed by atoms with E-state index in [0.717, 1.165) is 34.5 Å². The number of rotatable bonds is 6. The molecule has 57 heavy (non-hydrogen) atoms. The lowest BCUT2D eigenvalue weighted by Crippen LogP contribution is -2.13. The molecule has 8 aromatic carbocycles. The number of benzene rings is 8. The molecular weight excluding hydrogens is 689 g/mol. The van der Waals surface area contributed by atoms with E-state index in [1.807, 2.05) is 18.2 Å². The zero-order valence-corrected chi connectivity index (χ0v) is 32.5. The Balaban J connectivity index is 0.947. The van der Waals surface area contributed by atoms with Gasteiger partial charge in [0.2, 0.25) is 0 Å². The predicted octanol–water partition coefficient (Wildman–Crippen LogP) is 14.5. The van der Waals surface area contributed by atoms with Crippen molar-refractivity contribution >= 4 is 10.8 Å². The standard InChI is InChI=1S/C55H42N2/c1-55(2,3)51-21-11-20-48-47-19-10-18-46(49(47)34-50(48)51)40-26-22-36(23-27-40)37-24-30-41(31-25-37)52-35-53(57-54(56-52)43-13-5-4-6-14-43)42-32-28-39(29-33-42)45-17-9-15-38-12-7-8-16-44(38)45/h4-33,35H,34H2,1-3H3. The Kier molecular flexibility index (Phi) is 8.49. The van der Waals surface area contributed by atoms with E-state index in [-0.39, 0.29) is 5.41 Å². The summed E-state index contributed by atoms with van der Waals surface area (Å²) in [5, 5.41) is 2.50. The predicted molar refractivity (Wildman–Crippen MR) is 239 cm³/mol. The zero-order chi connectivity index (χ0) is 38.5. The van der Waals surface area contributed by atoms with Crippen molar-refractivity contribution < 1.29 is 0 Å². The van der Waals surface area contributed by atoms with Gasteiger partial charge < -0.3 is 0 Å². The van der Waals surface area contributed by atoms with E-state index in [0.29, 0.717) is 5.82 Å². The van der Waals surface area contributed by atoms with Gasteiger partial charge in [-0.2, -0.15) is 0 Å². The molecule has 9 aromatic rings. The molecule has 2 nitrogen and oxygen atoms in total. The van der Waals surface area contributed by atoms with Crippen LogP contribution in [0.3, 0.4) is 0 Å². The van der Waals surface area contributed by atoms with Gasteiger partial charge in [-0.1, -0.05) is 203 Å². The highest BCUT2D eigenvalue weighted by Crippen LogP contribution is 2.45. The number of hydrogen-bond donors (Lipinski definition) is 0.